The maximum absolute atomic E-state index is 12.2. The average molecular weight is 298 g/mol. The van der Waals surface area contributed by atoms with Crippen molar-refractivity contribution in [3.63, 3.8) is 0 Å². The number of halogens is 1. The number of rotatable bonds is 1. The number of benzene rings is 2. The number of hydrogen-bond donors (Lipinski definition) is 1. The molecule has 0 unspecified atom stereocenters. The van der Waals surface area contributed by atoms with Gasteiger partial charge in [-0.2, -0.15) is 0 Å². The van der Waals surface area contributed by atoms with Gasteiger partial charge in [-0.1, -0.05) is 6.07 Å². The molecule has 5 heteroatoms. The van der Waals surface area contributed by atoms with Gasteiger partial charge < -0.3 is 14.9 Å². The highest BCUT2D eigenvalue weighted by molar-refractivity contribution is 5.90. The summed E-state index contributed by atoms with van der Waals surface area (Å²) in [6.45, 7) is 1.95. The lowest BCUT2D eigenvalue weighted by molar-refractivity contribution is 0.415. The number of furan rings is 2. The van der Waals surface area contributed by atoms with Crippen molar-refractivity contribution in [2.45, 2.75) is 6.92 Å². The summed E-state index contributed by atoms with van der Waals surface area (Å²) in [7, 11) is 1.63. The Kier molecular flexibility index (Phi) is 3.55. The topological polar surface area (TPSA) is 61.3 Å². The van der Waals surface area contributed by atoms with Crippen LogP contribution < -0.4 is 10.5 Å². The molecule has 3 aromatic heterocycles. The Bertz CT molecular complexity index is 917. The molecular formula is C17H15FN2O2. The molecule has 112 valence electrons. The smallest absolute Gasteiger partial charge is 0.169 e. The number of aromatic nitrogens is 1. The van der Waals surface area contributed by atoms with Crippen molar-refractivity contribution in [2.75, 3.05) is 12.8 Å². The maximum atomic E-state index is 12.2. The largest absolute Gasteiger partial charge is 0.497 e. The van der Waals surface area contributed by atoms with Crippen molar-refractivity contribution in [3.8, 4) is 5.75 Å². The molecule has 2 bridgehead atoms. The minimum atomic E-state index is -0.262. The molecule has 0 saturated carbocycles. The molecule has 3 heterocycles. The molecule has 4 nitrogen and oxygen atoms in total. The molecule has 2 N–H and O–H groups in total. The van der Waals surface area contributed by atoms with Gasteiger partial charge in [0.2, 0.25) is 0 Å². The highest BCUT2D eigenvalue weighted by Gasteiger charge is 2.03. The van der Waals surface area contributed by atoms with Crippen molar-refractivity contribution in [1.82, 2.24) is 4.98 Å². The van der Waals surface area contributed by atoms with Crippen LogP contribution in [0.4, 0.5) is 10.1 Å². The van der Waals surface area contributed by atoms with E-state index in [4.69, 9.17) is 14.9 Å². The van der Waals surface area contributed by atoms with Gasteiger partial charge in [-0.25, -0.2) is 4.39 Å². The fourth-order valence-corrected chi connectivity index (χ4v) is 2.20. The number of pyridine rings is 1. The van der Waals surface area contributed by atoms with E-state index < -0.39 is 0 Å². The van der Waals surface area contributed by atoms with Gasteiger partial charge in [0.05, 0.1) is 18.3 Å². The van der Waals surface area contributed by atoms with Crippen LogP contribution in [0.3, 0.4) is 0 Å². The number of nitrogens with zero attached hydrogens (tertiary/aromatic N) is 1. The van der Waals surface area contributed by atoms with Gasteiger partial charge in [0.15, 0.2) is 11.4 Å². The summed E-state index contributed by atoms with van der Waals surface area (Å²) in [6.07, 6.45) is 0. The van der Waals surface area contributed by atoms with E-state index in [0.717, 1.165) is 22.3 Å². The van der Waals surface area contributed by atoms with Gasteiger partial charge in [0.25, 0.3) is 0 Å². The van der Waals surface area contributed by atoms with Crippen LogP contribution in [0.2, 0.25) is 0 Å². The molecule has 0 spiro atoms. The van der Waals surface area contributed by atoms with E-state index >= 15 is 0 Å². The van der Waals surface area contributed by atoms with Gasteiger partial charge in [-0.15, -0.1) is 0 Å². The van der Waals surface area contributed by atoms with Crippen LogP contribution in [0.1, 0.15) is 5.69 Å². The van der Waals surface area contributed by atoms with E-state index in [1.807, 2.05) is 25.1 Å². The van der Waals surface area contributed by atoms with Crippen LogP contribution in [0, 0.1) is 12.7 Å². The first kappa shape index (κ1) is 14.1. The molecule has 22 heavy (non-hydrogen) atoms. The first-order valence-electron chi connectivity index (χ1n) is 6.75. The lowest BCUT2D eigenvalue weighted by Gasteiger charge is -2.05. The molecule has 0 radical (unpaired) electrons. The first-order valence-corrected chi connectivity index (χ1v) is 6.75. The summed E-state index contributed by atoms with van der Waals surface area (Å²) >= 11 is 0. The number of ether oxygens (including phenoxy) is 1. The van der Waals surface area contributed by atoms with E-state index in [0.29, 0.717) is 16.9 Å². The molecule has 0 atom stereocenters. The van der Waals surface area contributed by atoms with Crippen LogP contribution in [0.5, 0.6) is 5.75 Å². The van der Waals surface area contributed by atoms with Crippen molar-refractivity contribution in [1.29, 1.82) is 0 Å². The number of anilines is 1. The third-order valence-electron chi connectivity index (χ3n) is 3.30. The summed E-state index contributed by atoms with van der Waals surface area (Å²) in [6, 6.07) is 12.4. The molecule has 0 aliphatic heterocycles. The van der Waals surface area contributed by atoms with Crippen LogP contribution in [0.25, 0.3) is 22.1 Å². The minimum absolute atomic E-state index is 0.262. The number of hydrogen-bond acceptors (Lipinski definition) is 4. The van der Waals surface area contributed by atoms with E-state index in [1.165, 1.54) is 6.07 Å². The predicted molar refractivity (Wildman–Crippen MR) is 84.8 cm³/mol. The highest BCUT2D eigenvalue weighted by Crippen LogP contribution is 2.25. The molecule has 4 aromatic rings. The summed E-state index contributed by atoms with van der Waals surface area (Å²) in [5.74, 6) is 0.503. The zero-order valence-electron chi connectivity index (χ0n) is 12.3. The third-order valence-corrected chi connectivity index (χ3v) is 3.30. The summed E-state index contributed by atoms with van der Waals surface area (Å²) in [4.78, 5) is 4.37. The second-order valence-corrected chi connectivity index (χ2v) is 4.94. The van der Waals surface area contributed by atoms with Crippen molar-refractivity contribution >= 4 is 27.8 Å². The Labute approximate surface area is 126 Å². The highest BCUT2D eigenvalue weighted by atomic mass is 19.1. The molecular weight excluding hydrogens is 283 g/mol. The van der Waals surface area contributed by atoms with Gasteiger partial charge in [-0.3, -0.25) is 4.98 Å². The summed E-state index contributed by atoms with van der Waals surface area (Å²) < 4.78 is 22.2. The second kappa shape index (κ2) is 5.52. The zero-order valence-corrected chi connectivity index (χ0v) is 12.3. The average Bonchev–Trinajstić information content (AvgIpc) is 3.10. The molecule has 0 saturated heterocycles. The predicted octanol–water partition coefficient (Wildman–Crippen LogP) is 4.14. The van der Waals surface area contributed by atoms with Crippen molar-refractivity contribution in [3.05, 3.63) is 54.0 Å². The van der Waals surface area contributed by atoms with Gasteiger partial charge >= 0.3 is 0 Å². The van der Waals surface area contributed by atoms with Crippen LogP contribution in [0.15, 0.2) is 46.9 Å². The lowest BCUT2D eigenvalue weighted by Crippen LogP contribution is -1.93. The number of nitrogen functional groups attached to an aromatic ring is 1. The monoisotopic (exact) mass is 298 g/mol. The maximum Gasteiger partial charge on any atom is 0.169 e. The third kappa shape index (κ3) is 2.65. The number of aryl methyl sites for hydroxylation is 1. The number of methoxy groups -OCH3 is 1. The Morgan fingerprint density at radius 2 is 1.95 bits per heavy atom. The van der Waals surface area contributed by atoms with Crippen LogP contribution in [-0.2, 0) is 0 Å². The second-order valence-electron chi connectivity index (χ2n) is 4.94. The normalized spacial score (nSPS) is 10.7. The standard InChI is InChI=1S/C11H12N2O.C6H3FO/c1-7-3-4-8-5-9(14-2)6-10(12)11(8)13-7;7-5-3-4-1-2-6(5)8-4/h3-6H,12H2,1-2H3;1-3H. The summed E-state index contributed by atoms with van der Waals surface area (Å²) in [5, 5.41) is 1.01. The fourth-order valence-electron chi connectivity index (χ4n) is 2.20. The first-order chi connectivity index (χ1) is 10.6. The Morgan fingerprint density at radius 1 is 1.14 bits per heavy atom. The summed E-state index contributed by atoms with van der Waals surface area (Å²) in [5.41, 5.74) is 9.28. The molecule has 0 fully saturated rings. The quantitative estimate of drug-likeness (QED) is 0.536. The van der Waals surface area contributed by atoms with Crippen molar-refractivity contribution < 1.29 is 13.5 Å². The van der Waals surface area contributed by atoms with Crippen LogP contribution >= 0.6 is 0 Å². The molecule has 1 aromatic carbocycles. The zero-order chi connectivity index (χ0) is 15.7. The van der Waals surface area contributed by atoms with Gasteiger partial charge in [-0.05, 0) is 31.2 Å². The molecule has 0 aliphatic carbocycles. The van der Waals surface area contributed by atoms with Crippen molar-refractivity contribution in [2.24, 2.45) is 0 Å². The molecule has 4 rings (SSSR count). The Hall–Kier alpha value is -2.82. The van der Waals surface area contributed by atoms with E-state index in [-0.39, 0.29) is 5.82 Å². The lowest BCUT2D eigenvalue weighted by atomic mass is 10.1. The van der Waals surface area contributed by atoms with E-state index in [2.05, 4.69) is 4.98 Å². The SMILES string of the molecule is COc1cc(N)c2nc(C)ccc2c1.Fc1cc2ccc1o2. The molecule has 0 aliphatic rings. The van der Waals surface area contributed by atoms with Gasteiger partial charge in [0.1, 0.15) is 11.3 Å². The fraction of sp³-hybridized carbons (Fsp3) is 0.118. The number of fused-ring (bicyclic) bond motifs is 3. The van der Waals surface area contributed by atoms with E-state index in [1.54, 1.807) is 25.3 Å². The van der Waals surface area contributed by atoms with Crippen LogP contribution in [-0.4, -0.2) is 12.1 Å². The Morgan fingerprint density at radius 3 is 2.50 bits per heavy atom. The Balaban J connectivity index is 0.000000151. The van der Waals surface area contributed by atoms with E-state index in [9.17, 15) is 4.39 Å². The van der Waals surface area contributed by atoms with Gasteiger partial charge in [0, 0.05) is 23.2 Å². The minimum Gasteiger partial charge on any atom is -0.497 e. The molecule has 0 amide bonds. The number of nitrogens with two attached hydrogens (primary N) is 1.